The van der Waals surface area contributed by atoms with Gasteiger partial charge in [-0.1, -0.05) is 61.1 Å². The lowest BCUT2D eigenvalue weighted by molar-refractivity contribution is -0.142. The van der Waals surface area contributed by atoms with Gasteiger partial charge >= 0.3 is 5.97 Å². The summed E-state index contributed by atoms with van der Waals surface area (Å²) < 4.78 is 0. The molecule has 0 aromatic heterocycles. The van der Waals surface area contributed by atoms with Crippen LogP contribution in [-0.4, -0.2) is 22.6 Å². The fourth-order valence-electron chi connectivity index (χ4n) is 1.80. The maximum Gasteiger partial charge on any atom is 0.306 e. The molecule has 0 aromatic carbocycles. The summed E-state index contributed by atoms with van der Waals surface area (Å²) in [6.45, 7) is 4.37. The van der Waals surface area contributed by atoms with Crippen LogP contribution in [-0.2, 0) is 4.79 Å². The minimum atomic E-state index is -0.599. The van der Waals surface area contributed by atoms with Crippen molar-refractivity contribution >= 4 is 27.6 Å². The first-order chi connectivity index (χ1) is 8.72. The SMILES string of the molecule is CCCCCCC(CCCSSCCC)C(=O)O. The van der Waals surface area contributed by atoms with Gasteiger partial charge in [0.2, 0.25) is 0 Å². The molecule has 0 rings (SSSR count). The molecule has 1 atom stereocenters. The van der Waals surface area contributed by atoms with Crippen molar-refractivity contribution in [1.82, 2.24) is 0 Å². The van der Waals surface area contributed by atoms with Crippen LogP contribution in [0.15, 0.2) is 0 Å². The van der Waals surface area contributed by atoms with Gasteiger partial charge in [0.25, 0.3) is 0 Å². The maximum atomic E-state index is 11.1. The topological polar surface area (TPSA) is 37.3 Å². The van der Waals surface area contributed by atoms with Gasteiger partial charge in [-0.3, -0.25) is 4.79 Å². The van der Waals surface area contributed by atoms with Gasteiger partial charge in [0.05, 0.1) is 5.92 Å². The summed E-state index contributed by atoms with van der Waals surface area (Å²) in [5, 5.41) is 9.16. The Morgan fingerprint density at radius 1 is 0.944 bits per heavy atom. The van der Waals surface area contributed by atoms with Gasteiger partial charge in [-0.15, -0.1) is 0 Å². The van der Waals surface area contributed by atoms with E-state index in [9.17, 15) is 4.79 Å². The number of unbranched alkanes of at least 4 members (excludes halogenated alkanes) is 3. The Balaban J connectivity index is 3.54. The van der Waals surface area contributed by atoms with Gasteiger partial charge in [-0.25, -0.2) is 0 Å². The molecule has 18 heavy (non-hydrogen) atoms. The third kappa shape index (κ3) is 11.3. The molecule has 2 nitrogen and oxygen atoms in total. The van der Waals surface area contributed by atoms with Crippen LogP contribution in [0.1, 0.15) is 65.2 Å². The molecule has 0 aromatic rings. The molecule has 4 heteroatoms. The van der Waals surface area contributed by atoms with E-state index in [0.717, 1.165) is 31.4 Å². The standard InChI is InChI=1S/C14H28O2S2/c1-3-5-6-7-9-13(14(15)16)10-8-12-18-17-11-4-2/h13H,3-12H2,1-2H3,(H,15,16). The van der Waals surface area contributed by atoms with Crippen LogP contribution in [0, 0.1) is 5.92 Å². The van der Waals surface area contributed by atoms with Crippen molar-refractivity contribution in [1.29, 1.82) is 0 Å². The van der Waals surface area contributed by atoms with Crippen LogP contribution in [0.4, 0.5) is 0 Å². The monoisotopic (exact) mass is 292 g/mol. The second-order valence-electron chi connectivity index (χ2n) is 4.67. The number of carboxylic acids is 1. The third-order valence-corrected chi connectivity index (χ3v) is 5.60. The Kier molecular flexibility index (Phi) is 13.7. The van der Waals surface area contributed by atoms with Crippen molar-refractivity contribution < 1.29 is 9.90 Å². The zero-order chi connectivity index (χ0) is 13.6. The van der Waals surface area contributed by atoms with Crippen LogP contribution in [0.2, 0.25) is 0 Å². The van der Waals surface area contributed by atoms with Crippen molar-refractivity contribution in [3.05, 3.63) is 0 Å². The van der Waals surface area contributed by atoms with Crippen molar-refractivity contribution in [3.63, 3.8) is 0 Å². The quantitative estimate of drug-likeness (QED) is 0.372. The zero-order valence-corrected chi connectivity index (χ0v) is 13.5. The van der Waals surface area contributed by atoms with Gasteiger partial charge in [-0.05, 0) is 25.7 Å². The molecule has 0 spiro atoms. The minimum absolute atomic E-state index is 0.112. The molecule has 0 aliphatic rings. The Hall–Kier alpha value is 0.170. The molecule has 0 amide bonds. The average Bonchev–Trinajstić information content (AvgIpc) is 2.35. The lowest BCUT2D eigenvalue weighted by Crippen LogP contribution is -2.13. The van der Waals surface area contributed by atoms with Gasteiger partial charge in [0.15, 0.2) is 0 Å². The van der Waals surface area contributed by atoms with Crippen LogP contribution in [0.5, 0.6) is 0 Å². The lowest BCUT2D eigenvalue weighted by Gasteiger charge is -2.11. The van der Waals surface area contributed by atoms with Gasteiger partial charge in [0, 0.05) is 11.5 Å². The fraction of sp³-hybridized carbons (Fsp3) is 0.929. The third-order valence-electron chi connectivity index (χ3n) is 2.91. The van der Waals surface area contributed by atoms with Gasteiger partial charge in [-0.2, -0.15) is 0 Å². The number of rotatable bonds is 13. The number of aliphatic carboxylic acids is 1. The highest BCUT2D eigenvalue weighted by molar-refractivity contribution is 8.76. The smallest absolute Gasteiger partial charge is 0.306 e. The lowest BCUT2D eigenvalue weighted by atomic mass is 9.96. The van der Waals surface area contributed by atoms with Crippen LogP contribution in [0.3, 0.4) is 0 Å². The number of hydrogen-bond donors (Lipinski definition) is 1. The van der Waals surface area contributed by atoms with Crippen LogP contribution in [0.25, 0.3) is 0 Å². The first kappa shape index (κ1) is 18.2. The Bertz CT molecular complexity index is 198. The summed E-state index contributed by atoms with van der Waals surface area (Å²) in [5.41, 5.74) is 0. The molecule has 0 aliphatic heterocycles. The van der Waals surface area contributed by atoms with Crippen molar-refractivity contribution in [2.75, 3.05) is 11.5 Å². The summed E-state index contributed by atoms with van der Waals surface area (Å²) in [6, 6.07) is 0. The van der Waals surface area contributed by atoms with E-state index in [-0.39, 0.29) is 5.92 Å². The molecule has 0 fully saturated rings. The van der Waals surface area contributed by atoms with E-state index in [0.29, 0.717) is 0 Å². The second kappa shape index (κ2) is 13.6. The summed E-state index contributed by atoms with van der Waals surface area (Å²) >= 11 is 0. The number of hydrogen-bond acceptors (Lipinski definition) is 3. The summed E-state index contributed by atoms with van der Waals surface area (Å²) in [7, 11) is 3.79. The summed E-state index contributed by atoms with van der Waals surface area (Å²) in [5.74, 6) is 1.57. The molecule has 108 valence electrons. The van der Waals surface area contributed by atoms with E-state index >= 15 is 0 Å². The molecule has 1 unspecified atom stereocenters. The summed E-state index contributed by atoms with van der Waals surface area (Å²) in [4.78, 5) is 11.1. The maximum absolute atomic E-state index is 11.1. The van der Waals surface area contributed by atoms with E-state index in [4.69, 9.17) is 5.11 Å². The highest BCUT2D eigenvalue weighted by Crippen LogP contribution is 2.25. The van der Waals surface area contributed by atoms with Crippen LogP contribution < -0.4 is 0 Å². The molecule has 0 heterocycles. The van der Waals surface area contributed by atoms with E-state index in [1.807, 2.05) is 21.6 Å². The van der Waals surface area contributed by atoms with E-state index < -0.39 is 5.97 Å². The Morgan fingerprint density at radius 2 is 1.61 bits per heavy atom. The molecular weight excluding hydrogens is 264 g/mol. The van der Waals surface area contributed by atoms with Crippen molar-refractivity contribution in [2.24, 2.45) is 5.92 Å². The molecule has 0 saturated carbocycles. The van der Waals surface area contributed by atoms with Crippen LogP contribution >= 0.6 is 21.6 Å². The predicted molar refractivity (Wildman–Crippen MR) is 84.3 cm³/mol. The molecule has 1 N–H and O–H groups in total. The van der Waals surface area contributed by atoms with Crippen molar-refractivity contribution in [3.8, 4) is 0 Å². The first-order valence-corrected chi connectivity index (χ1v) is 9.68. The zero-order valence-electron chi connectivity index (χ0n) is 11.8. The number of carbonyl (C=O) groups is 1. The predicted octanol–water partition coefficient (Wildman–Crippen LogP) is 5.23. The van der Waals surface area contributed by atoms with Gasteiger partial charge in [0.1, 0.15) is 0 Å². The normalized spacial score (nSPS) is 12.6. The van der Waals surface area contributed by atoms with E-state index in [2.05, 4.69) is 13.8 Å². The number of carboxylic acid groups (broad SMARTS) is 1. The first-order valence-electron chi connectivity index (χ1n) is 7.19. The molecule has 0 bridgehead atoms. The molecule has 0 saturated heterocycles. The highest BCUT2D eigenvalue weighted by Gasteiger charge is 2.16. The van der Waals surface area contributed by atoms with E-state index in [1.54, 1.807) is 0 Å². The second-order valence-corrected chi connectivity index (χ2v) is 7.37. The summed E-state index contributed by atoms with van der Waals surface area (Å²) in [6.07, 6.45) is 8.66. The minimum Gasteiger partial charge on any atom is -0.481 e. The van der Waals surface area contributed by atoms with Gasteiger partial charge < -0.3 is 5.11 Å². The van der Waals surface area contributed by atoms with Crippen molar-refractivity contribution in [2.45, 2.75) is 65.2 Å². The average molecular weight is 293 g/mol. The Morgan fingerprint density at radius 3 is 2.22 bits per heavy atom. The molecule has 0 aliphatic carbocycles. The Labute approximate surface area is 120 Å². The molecular formula is C14H28O2S2. The largest absolute Gasteiger partial charge is 0.481 e. The molecule has 0 radical (unpaired) electrons. The van der Waals surface area contributed by atoms with E-state index in [1.165, 1.54) is 31.4 Å². The fourth-order valence-corrected chi connectivity index (χ4v) is 4.05. The highest BCUT2D eigenvalue weighted by atomic mass is 33.1.